The van der Waals surface area contributed by atoms with Crippen molar-refractivity contribution in [1.29, 1.82) is 0 Å². The van der Waals surface area contributed by atoms with Crippen molar-refractivity contribution in [2.24, 2.45) is 0 Å². The fourth-order valence-electron chi connectivity index (χ4n) is 3.82. The van der Waals surface area contributed by atoms with Crippen LogP contribution in [0.2, 0.25) is 0 Å². The standard InChI is InChI=1S/C24H23N3O4/c1-14-21(23(28)26-19-12-11-16(30-2)13-20(19)31-3)22(27-24(29)25-14)18-10-6-8-15-7-4-5-9-17(15)18/h4-13,22H,1-3H3,(H,26,28)(H2,25,27,29)/t22-/m1/s1. The zero-order valence-corrected chi connectivity index (χ0v) is 17.5. The third-order valence-corrected chi connectivity index (χ3v) is 5.31. The van der Waals surface area contributed by atoms with Gasteiger partial charge in [-0.1, -0.05) is 42.5 Å². The van der Waals surface area contributed by atoms with E-state index in [1.54, 1.807) is 32.2 Å². The van der Waals surface area contributed by atoms with Crippen molar-refractivity contribution in [2.75, 3.05) is 19.5 Å². The lowest BCUT2D eigenvalue weighted by atomic mass is 9.91. The molecule has 1 atom stereocenters. The molecule has 31 heavy (non-hydrogen) atoms. The van der Waals surface area contributed by atoms with Gasteiger partial charge in [0.15, 0.2) is 0 Å². The first-order valence-electron chi connectivity index (χ1n) is 9.81. The topological polar surface area (TPSA) is 88.7 Å². The highest BCUT2D eigenvalue weighted by molar-refractivity contribution is 6.08. The van der Waals surface area contributed by atoms with Gasteiger partial charge >= 0.3 is 6.03 Å². The summed E-state index contributed by atoms with van der Waals surface area (Å²) in [7, 11) is 3.09. The van der Waals surface area contributed by atoms with E-state index in [-0.39, 0.29) is 11.9 Å². The highest BCUT2D eigenvalue weighted by Crippen LogP contribution is 2.34. The molecular weight excluding hydrogens is 394 g/mol. The van der Waals surface area contributed by atoms with Gasteiger partial charge in [-0.15, -0.1) is 0 Å². The van der Waals surface area contributed by atoms with Crippen LogP contribution in [0.1, 0.15) is 18.5 Å². The van der Waals surface area contributed by atoms with Crippen LogP contribution in [0.15, 0.2) is 71.9 Å². The minimum absolute atomic E-state index is 0.341. The second kappa shape index (κ2) is 8.39. The Hall–Kier alpha value is -4.00. The van der Waals surface area contributed by atoms with Gasteiger partial charge in [-0.05, 0) is 35.4 Å². The Kier molecular flexibility index (Phi) is 5.49. The van der Waals surface area contributed by atoms with Crippen LogP contribution in [0, 0.1) is 0 Å². The second-order valence-electron chi connectivity index (χ2n) is 7.16. The Morgan fingerprint density at radius 3 is 2.55 bits per heavy atom. The fraction of sp³-hybridized carbons (Fsp3) is 0.167. The van der Waals surface area contributed by atoms with Gasteiger partial charge in [-0.25, -0.2) is 4.79 Å². The van der Waals surface area contributed by atoms with E-state index in [0.717, 1.165) is 16.3 Å². The van der Waals surface area contributed by atoms with Crippen molar-refractivity contribution in [3.8, 4) is 11.5 Å². The van der Waals surface area contributed by atoms with Gasteiger partial charge in [0.05, 0.1) is 31.5 Å². The van der Waals surface area contributed by atoms with Crippen LogP contribution in [0.5, 0.6) is 11.5 Å². The first-order valence-corrected chi connectivity index (χ1v) is 9.81. The Morgan fingerprint density at radius 2 is 1.77 bits per heavy atom. The number of carbonyl (C=O) groups is 2. The molecule has 0 saturated carbocycles. The van der Waals surface area contributed by atoms with Crippen LogP contribution in [0.25, 0.3) is 10.8 Å². The molecule has 158 valence electrons. The van der Waals surface area contributed by atoms with Gasteiger partial charge in [-0.3, -0.25) is 4.79 Å². The average Bonchev–Trinajstić information content (AvgIpc) is 2.78. The largest absolute Gasteiger partial charge is 0.497 e. The summed E-state index contributed by atoms with van der Waals surface area (Å²) in [5.41, 5.74) is 2.27. The number of amides is 3. The predicted octanol–water partition coefficient (Wildman–Crippen LogP) is 4.12. The summed E-state index contributed by atoms with van der Waals surface area (Å²) in [6.07, 6.45) is 0. The van der Waals surface area contributed by atoms with Crippen molar-refractivity contribution < 1.29 is 19.1 Å². The molecule has 0 aromatic heterocycles. The minimum Gasteiger partial charge on any atom is -0.497 e. The summed E-state index contributed by atoms with van der Waals surface area (Å²) < 4.78 is 10.6. The normalized spacial score (nSPS) is 15.8. The summed E-state index contributed by atoms with van der Waals surface area (Å²) in [6.45, 7) is 1.72. The Labute approximate surface area is 180 Å². The number of nitrogens with one attached hydrogen (secondary N) is 3. The van der Waals surface area contributed by atoms with E-state index >= 15 is 0 Å². The lowest BCUT2D eigenvalue weighted by Gasteiger charge is -2.29. The molecule has 1 aliphatic rings. The number of allylic oxidation sites excluding steroid dienone is 1. The number of rotatable bonds is 5. The number of urea groups is 1. The molecule has 3 N–H and O–H groups in total. The number of hydrogen-bond donors (Lipinski definition) is 3. The molecule has 0 spiro atoms. The van der Waals surface area contributed by atoms with E-state index in [2.05, 4.69) is 16.0 Å². The molecule has 7 nitrogen and oxygen atoms in total. The van der Waals surface area contributed by atoms with Crippen molar-refractivity contribution in [3.05, 3.63) is 77.5 Å². The molecule has 3 aromatic rings. The quantitative estimate of drug-likeness (QED) is 0.583. The van der Waals surface area contributed by atoms with Crippen molar-refractivity contribution in [3.63, 3.8) is 0 Å². The molecule has 3 aromatic carbocycles. The van der Waals surface area contributed by atoms with Crippen LogP contribution in [-0.4, -0.2) is 26.2 Å². The monoisotopic (exact) mass is 417 g/mol. The molecule has 0 aliphatic carbocycles. The van der Waals surface area contributed by atoms with Crippen LogP contribution in [-0.2, 0) is 4.79 Å². The minimum atomic E-state index is -0.607. The van der Waals surface area contributed by atoms with Crippen molar-refractivity contribution in [2.45, 2.75) is 13.0 Å². The van der Waals surface area contributed by atoms with Crippen LogP contribution in [0.4, 0.5) is 10.5 Å². The van der Waals surface area contributed by atoms with E-state index < -0.39 is 6.04 Å². The van der Waals surface area contributed by atoms with Crippen LogP contribution < -0.4 is 25.4 Å². The number of hydrogen-bond acceptors (Lipinski definition) is 4. The number of anilines is 1. The summed E-state index contributed by atoms with van der Waals surface area (Å²) >= 11 is 0. The number of carbonyl (C=O) groups excluding carboxylic acids is 2. The molecule has 4 rings (SSSR count). The first-order chi connectivity index (χ1) is 15.0. The maximum Gasteiger partial charge on any atom is 0.319 e. The molecular formula is C24H23N3O4. The molecule has 0 radical (unpaired) electrons. The lowest BCUT2D eigenvalue weighted by molar-refractivity contribution is -0.113. The first kappa shape index (κ1) is 20.3. The van der Waals surface area contributed by atoms with Gasteiger partial charge in [0.25, 0.3) is 5.91 Å². The zero-order chi connectivity index (χ0) is 22.0. The summed E-state index contributed by atoms with van der Waals surface area (Å²) in [5, 5.41) is 10.5. The zero-order valence-electron chi connectivity index (χ0n) is 17.5. The Morgan fingerprint density at radius 1 is 1.00 bits per heavy atom. The smallest absolute Gasteiger partial charge is 0.319 e. The molecule has 0 bridgehead atoms. The summed E-state index contributed by atoms with van der Waals surface area (Å²) in [5.74, 6) is 0.748. The molecule has 0 unspecified atom stereocenters. The Balaban J connectivity index is 1.75. The number of methoxy groups -OCH3 is 2. The van der Waals surface area contributed by atoms with E-state index in [1.807, 2.05) is 42.5 Å². The highest BCUT2D eigenvalue weighted by Gasteiger charge is 2.32. The van der Waals surface area contributed by atoms with E-state index in [1.165, 1.54) is 7.11 Å². The van der Waals surface area contributed by atoms with E-state index in [4.69, 9.17) is 9.47 Å². The third-order valence-electron chi connectivity index (χ3n) is 5.31. The maximum atomic E-state index is 13.4. The maximum absolute atomic E-state index is 13.4. The van der Waals surface area contributed by atoms with Crippen molar-refractivity contribution >= 4 is 28.4 Å². The average molecular weight is 417 g/mol. The van der Waals surface area contributed by atoms with E-state index in [0.29, 0.717) is 28.5 Å². The van der Waals surface area contributed by atoms with Gasteiger partial charge in [-0.2, -0.15) is 0 Å². The Bertz CT molecular complexity index is 1200. The van der Waals surface area contributed by atoms with E-state index in [9.17, 15) is 9.59 Å². The molecule has 7 heteroatoms. The van der Waals surface area contributed by atoms with Gasteiger partial charge < -0.3 is 25.4 Å². The summed E-state index contributed by atoms with van der Waals surface area (Å²) in [4.78, 5) is 25.6. The molecule has 3 amide bonds. The third kappa shape index (κ3) is 3.90. The summed E-state index contributed by atoms with van der Waals surface area (Å²) in [6, 6.07) is 17.9. The van der Waals surface area contributed by atoms with Crippen molar-refractivity contribution in [1.82, 2.24) is 10.6 Å². The number of ether oxygens (including phenoxy) is 2. The van der Waals surface area contributed by atoms with Gasteiger partial charge in [0, 0.05) is 11.8 Å². The van der Waals surface area contributed by atoms with Crippen LogP contribution in [0.3, 0.4) is 0 Å². The lowest BCUT2D eigenvalue weighted by Crippen LogP contribution is -2.46. The SMILES string of the molecule is COc1ccc(NC(=O)C2=C(C)NC(=O)N[C@@H]2c2cccc3ccccc23)c(OC)c1. The molecule has 0 fully saturated rings. The molecule has 1 heterocycles. The molecule has 0 saturated heterocycles. The number of benzene rings is 3. The van der Waals surface area contributed by atoms with Crippen LogP contribution >= 0.6 is 0 Å². The van der Waals surface area contributed by atoms with Gasteiger partial charge in [0.2, 0.25) is 0 Å². The number of fused-ring (bicyclic) bond motifs is 1. The van der Waals surface area contributed by atoms with Gasteiger partial charge in [0.1, 0.15) is 11.5 Å². The highest BCUT2D eigenvalue weighted by atomic mass is 16.5. The molecule has 1 aliphatic heterocycles. The fourth-order valence-corrected chi connectivity index (χ4v) is 3.82. The second-order valence-corrected chi connectivity index (χ2v) is 7.16. The predicted molar refractivity (Wildman–Crippen MR) is 119 cm³/mol.